The van der Waals surface area contributed by atoms with Crippen LogP contribution in [-0.4, -0.2) is 71.2 Å². The lowest BCUT2D eigenvalue weighted by Gasteiger charge is -2.26. The Morgan fingerprint density at radius 3 is 2.35 bits per heavy atom. The highest BCUT2D eigenvalue weighted by Gasteiger charge is 2.43. The molecule has 0 amide bonds. The number of nitrogens with zero attached hydrogens (tertiary/aromatic N) is 1. The monoisotopic (exact) mass is 365 g/mol. The lowest BCUT2D eigenvalue weighted by atomic mass is 10.2. The number of likely N-dealkylation sites (N-methyl/N-ethyl adjacent to an activating group) is 1. The van der Waals surface area contributed by atoms with E-state index in [4.69, 9.17) is 9.47 Å². The molecule has 2 atom stereocenters. The summed E-state index contributed by atoms with van der Waals surface area (Å²) in [6, 6.07) is 3.17. The van der Waals surface area contributed by atoms with Gasteiger partial charge in [-0.3, -0.25) is 0 Å². The van der Waals surface area contributed by atoms with Crippen LogP contribution in [0.2, 0.25) is 0 Å². The summed E-state index contributed by atoms with van der Waals surface area (Å²) >= 11 is 0. The van der Waals surface area contributed by atoms with Crippen molar-refractivity contribution in [1.29, 1.82) is 0 Å². The molecule has 130 valence electrons. The molecular formula is C13H19NO7S2. The van der Waals surface area contributed by atoms with E-state index in [1.54, 1.807) is 0 Å². The second kappa shape index (κ2) is 6.27. The zero-order chi connectivity index (χ0) is 17.4. The third kappa shape index (κ3) is 3.44. The Balaban J connectivity index is 2.42. The molecule has 2 rings (SSSR count). The van der Waals surface area contributed by atoms with E-state index >= 15 is 0 Å². The Labute approximate surface area is 135 Å². The molecule has 1 aromatic rings. The van der Waals surface area contributed by atoms with Crippen molar-refractivity contribution in [2.24, 2.45) is 0 Å². The molecule has 1 heterocycles. The summed E-state index contributed by atoms with van der Waals surface area (Å²) < 4.78 is 59.7. The number of hydrogen-bond donors (Lipinski definition) is 1. The maximum Gasteiger partial charge on any atom is 0.246 e. The van der Waals surface area contributed by atoms with E-state index in [1.807, 2.05) is 0 Å². The summed E-state index contributed by atoms with van der Waals surface area (Å²) in [6.07, 6.45) is -1.26. The maximum absolute atomic E-state index is 12.8. The fraction of sp³-hybridized carbons (Fsp3) is 0.538. The van der Waals surface area contributed by atoms with Crippen molar-refractivity contribution in [3.63, 3.8) is 0 Å². The van der Waals surface area contributed by atoms with E-state index in [-0.39, 0.29) is 10.6 Å². The molecule has 0 aromatic heterocycles. The van der Waals surface area contributed by atoms with Crippen LogP contribution in [-0.2, 0) is 19.9 Å². The summed E-state index contributed by atoms with van der Waals surface area (Å²) in [5.74, 6) is -0.363. The van der Waals surface area contributed by atoms with E-state index in [2.05, 4.69) is 0 Å². The van der Waals surface area contributed by atoms with Crippen LogP contribution in [0.5, 0.6) is 11.5 Å². The lowest BCUT2D eigenvalue weighted by molar-refractivity contribution is 0.137. The summed E-state index contributed by atoms with van der Waals surface area (Å²) in [5, 5.41) is 9.88. The largest absolute Gasteiger partial charge is 0.497 e. The van der Waals surface area contributed by atoms with Crippen LogP contribution >= 0.6 is 0 Å². The van der Waals surface area contributed by atoms with Crippen molar-refractivity contribution in [3.05, 3.63) is 18.2 Å². The first-order valence-corrected chi connectivity index (χ1v) is 9.97. The minimum absolute atomic E-state index is 0.0755. The smallest absolute Gasteiger partial charge is 0.246 e. The van der Waals surface area contributed by atoms with Gasteiger partial charge in [-0.15, -0.1) is 0 Å². The van der Waals surface area contributed by atoms with Crippen molar-refractivity contribution in [2.45, 2.75) is 17.0 Å². The molecule has 0 saturated carbocycles. The number of ether oxygens (including phenoxy) is 2. The maximum atomic E-state index is 12.8. The first-order chi connectivity index (χ1) is 10.6. The molecule has 1 aliphatic rings. The van der Waals surface area contributed by atoms with E-state index in [0.29, 0.717) is 5.75 Å². The van der Waals surface area contributed by atoms with Crippen molar-refractivity contribution in [2.75, 3.05) is 32.8 Å². The van der Waals surface area contributed by atoms with Gasteiger partial charge in [-0.25, -0.2) is 16.8 Å². The van der Waals surface area contributed by atoms with E-state index < -0.39 is 43.5 Å². The standard InChI is InChI=1S/C13H19NO7S2/c1-14(10-7-22(16,17)8-11(10)15)23(18,19)13-5-4-9(20-2)6-12(13)21-3/h4-6,10-11,15H,7-8H2,1-3H3/t10-,11+/m0/s1. The van der Waals surface area contributed by atoms with Gasteiger partial charge in [-0.1, -0.05) is 0 Å². The van der Waals surface area contributed by atoms with Crippen LogP contribution in [0.3, 0.4) is 0 Å². The molecule has 1 aliphatic heterocycles. The summed E-state index contributed by atoms with van der Waals surface area (Å²) in [6.45, 7) is 0. The van der Waals surface area contributed by atoms with Crippen molar-refractivity contribution >= 4 is 19.9 Å². The van der Waals surface area contributed by atoms with Gasteiger partial charge in [0.2, 0.25) is 10.0 Å². The number of benzene rings is 1. The van der Waals surface area contributed by atoms with Gasteiger partial charge in [0.05, 0.1) is 37.9 Å². The molecular weight excluding hydrogens is 346 g/mol. The Hall–Kier alpha value is -1.36. The van der Waals surface area contributed by atoms with Crippen LogP contribution in [0.25, 0.3) is 0 Å². The topological polar surface area (TPSA) is 110 Å². The average Bonchev–Trinajstić information content (AvgIpc) is 2.78. The minimum atomic E-state index is -4.04. The Kier molecular flexibility index (Phi) is 4.90. The highest BCUT2D eigenvalue weighted by atomic mass is 32.2. The van der Waals surface area contributed by atoms with Crippen LogP contribution in [0, 0.1) is 0 Å². The van der Waals surface area contributed by atoms with Gasteiger partial charge in [-0.2, -0.15) is 4.31 Å². The molecule has 1 N–H and O–H groups in total. The van der Waals surface area contributed by atoms with Gasteiger partial charge in [0.1, 0.15) is 16.4 Å². The van der Waals surface area contributed by atoms with Crippen LogP contribution in [0.4, 0.5) is 0 Å². The van der Waals surface area contributed by atoms with Crippen molar-refractivity contribution in [1.82, 2.24) is 4.31 Å². The quantitative estimate of drug-likeness (QED) is 0.748. The number of methoxy groups -OCH3 is 2. The highest BCUT2D eigenvalue weighted by Crippen LogP contribution is 2.32. The van der Waals surface area contributed by atoms with Gasteiger partial charge in [0, 0.05) is 13.1 Å². The van der Waals surface area contributed by atoms with Gasteiger partial charge in [-0.05, 0) is 12.1 Å². The minimum Gasteiger partial charge on any atom is -0.497 e. The zero-order valence-electron chi connectivity index (χ0n) is 13.0. The summed E-state index contributed by atoms with van der Waals surface area (Å²) in [5.41, 5.74) is 0. The predicted octanol–water partition coefficient (Wildman–Crippen LogP) is -0.518. The van der Waals surface area contributed by atoms with E-state index in [9.17, 15) is 21.9 Å². The van der Waals surface area contributed by atoms with Crippen LogP contribution in [0.15, 0.2) is 23.1 Å². The first-order valence-electron chi connectivity index (χ1n) is 6.71. The number of rotatable bonds is 5. The van der Waals surface area contributed by atoms with Gasteiger partial charge >= 0.3 is 0 Å². The number of aliphatic hydroxyl groups is 1. The van der Waals surface area contributed by atoms with Crippen LogP contribution < -0.4 is 9.47 Å². The van der Waals surface area contributed by atoms with Gasteiger partial charge in [0.15, 0.2) is 9.84 Å². The number of hydrogen-bond acceptors (Lipinski definition) is 7. The average molecular weight is 365 g/mol. The lowest BCUT2D eigenvalue weighted by Crippen LogP contribution is -2.44. The number of aliphatic hydroxyl groups excluding tert-OH is 1. The summed E-state index contributed by atoms with van der Waals surface area (Å²) in [4.78, 5) is -0.125. The molecule has 1 saturated heterocycles. The third-order valence-corrected chi connectivity index (χ3v) is 7.41. The Morgan fingerprint density at radius 2 is 1.87 bits per heavy atom. The fourth-order valence-electron chi connectivity index (χ4n) is 2.48. The molecule has 1 aromatic carbocycles. The predicted molar refractivity (Wildman–Crippen MR) is 82.9 cm³/mol. The van der Waals surface area contributed by atoms with Gasteiger partial charge < -0.3 is 14.6 Å². The fourth-order valence-corrected chi connectivity index (χ4v) is 5.94. The molecule has 1 fully saturated rings. The normalized spacial score (nSPS) is 23.9. The number of sulfone groups is 1. The second-order valence-electron chi connectivity index (χ2n) is 5.25. The molecule has 0 bridgehead atoms. The summed E-state index contributed by atoms with van der Waals surface area (Å²) in [7, 11) is -3.51. The second-order valence-corrected chi connectivity index (χ2v) is 9.37. The first kappa shape index (κ1) is 18.0. The Bertz CT molecular complexity index is 789. The van der Waals surface area contributed by atoms with Crippen molar-refractivity contribution < 1.29 is 31.4 Å². The molecule has 0 spiro atoms. The third-order valence-electron chi connectivity index (χ3n) is 3.79. The van der Waals surface area contributed by atoms with Crippen molar-refractivity contribution in [3.8, 4) is 11.5 Å². The number of sulfonamides is 1. The van der Waals surface area contributed by atoms with Crippen LogP contribution in [0.1, 0.15) is 0 Å². The SMILES string of the molecule is COc1ccc(S(=O)(=O)N(C)[C@H]2CS(=O)(=O)C[C@H]2O)c(OC)c1. The zero-order valence-corrected chi connectivity index (χ0v) is 14.6. The molecule has 23 heavy (non-hydrogen) atoms. The Morgan fingerprint density at radius 1 is 1.22 bits per heavy atom. The van der Waals surface area contributed by atoms with E-state index in [0.717, 1.165) is 4.31 Å². The molecule has 8 nitrogen and oxygen atoms in total. The molecule has 0 aliphatic carbocycles. The molecule has 0 radical (unpaired) electrons. The molecule has 0 unspecified atom stereocenters. The van der Waals surface area contributed by atoms with E-state index in [1.165, 1.54) is 39.5 Å². The van der Waals surface area contributed by atoms with Gasteiger partial charge in [0.25, 0.3) is 0 Å². The highest BCUT2D eigenvalue weighted by molar-refractivity contribution is 7.92. The molecule has 10 heteroatoms.